The van der Waals surface area contributed by atoms with E-state index in [9.17, 15) is 18.0 Å². The first-order valence-electron chi connectivity index (χ1n) is 10.8. The Balaban J connectivity index is 1.90. The zero-order valence-corrected chi connectivity index (χ0v) is 19.1. The minimum atomic E-state index is -3.62. The van der Waals surface area contributed by atoms with Crippen molar-refractivity contribution >= 4 is 27.6 Å². The molecule has 0 bridgehead atoms. The summed E-state index contributed by atoms with van der Waals surface area (Å²) in [5, 5.41) is 2.66. The van der Waals surface area contributed by atoms with Crippen LogP contribution in [0.1, 0.15) is 64.4 Å². The van der Waals surface area contributed by atoms with E-state index in [4.69, 9.17) is 4.74 Å². The number of aryl methyl sites for hydroxylation is 1. The van der Waals surface area contributed by atoms with E-state index in [0.717, 1.165) is 12.0 Å². The average molecular weight is 439 g/mol. The lowest BCUT2D eigenvalue weighted by atomic mass is 9.86. The van der Waals surface area contributed by atoms with Crippen molar-refractivity contribution in [3.63, 3.8) is 0 Å². The molecule has 1 aliphatic rings. The van der Waals surface area contributed by atoms with Crippen LogP contribution in [0.25, 0.3) is 0 Å². The number of anilines is 1. The molecule has 0 heterocycles. The molecule has 0 aliphatic heterocycles. The number of esters is 1. The molecule has 1 saturated carbocycles. The van der Waals surface area contributed by atoms with Crippen LogP contribution in [0, 0.1) is 12.8 Å². The van der Waals surface area contributed by atoms with Gasteiger partial charge in [0.25, 0.3) is 5.91 Å². The maximum atomic E-state index is 12.7. The van der Waals surface area contributed by atoms with E-state index >= 15 is 0 Å². The molecule has 7 nitrogen and oxygen atoms in total. The molecule has 0 unspecified atom stereocenters. The summed E-state index contributed by atoms with van der Waals surface area (Å²) in [6, 6.07) is 4.64. The van der Waals surface area contributed by atoms with Crippen LogP contribution >= 0.6 is 0 Å². The number of benzene rings is 1. The van der Waals surface area contributed by atoms with Crippen LogP contribution in [0.15, 0.2) is 23.1 Å². The van der Waals surface area contributed by atoms with Gasteiger partial charge in [-0.15, -0.1) is 0 Å². The van der Waals surface area contributed by atoms with E-state index in [-0.39, 0.29) is 17.5 Å². The Morgan fingerprint density at radius 1 is 1.13 bits per heavy atom. The summed E-state index contributed by atoms with van der Waals surface area (Å²) in [5.41, 5.74) is 1.12. The van der Waals surface area contributed by atoms with Gasteiger partial charge < -0.3 is 10.1 Å². The molecule has 8 heteroatoms. The third-order valence-corrected chi connectivity index (χ3v) is 7.72. The lowest BCUT2D eigenvalue weighted by molar-refractivity contribution is -0.147. The van der Waals surface area contributed by atoms with Gasteiger partial charge in [-0.2, -0.15) is 4.31 Å². The van der Waals surface area contributed by atoms with Crippen LogP contribution < -0.4 is 5.32 Å². The summed E-state index contributed by atoms with van der Waals surface area (Å²) in [6.45, 7) is 5.69. The Hall–Kier alpha value is -1.93. The normalized spacial score (nSPS) is 15.2. The van der Waals surface area contributed by atoms with Gasteiger partial charge in [-0.3, -0.25) is 9.59 Å². The second kappa shape index (κ2) is 11.5. The number of rotatable bonds is 10. The van der Waals surface area contributed by atoms with Gasteiger partial charge in [0, 0.05) is 25.2 Å². The van der Waals surface area contributed by atoms with Gasteiger partial charge in [0.2, 0.25) is 10.0 Å². The summed E-state index contributed by atoms with van der Waals surface area (Å²) in [7, 11) is -3.62. The summed E-state index contributed by atoms with van der Waals surface area (Å²) in [4.78, 5) is 24.3. The summed E-state index contributed by atoms with van der Waals surface area (Å²) < 4.78 is 31.9. The van der Waals surface area contributed by atoms with Crippen LogP contribution in [0.3, 0.4) is 0 Å². The smallest absolute Gasteiger partial charge is 0.306 e. The van der Waals surface area contributed by atoms with E-state index < -0.39 is 15.9 Å². The van der Waals surface area contributed by atoms with Crippen molar-refractivity contribution in [3.8, 4) is 0 Å². The summed E-state index contributed by atoms with van der Waals surface area (Å²) in [6.07, 6.45) is 7.20. The van der Waals surface area contributed by atoms with Gasteiger partial charge in [0.1, 0.15) is 0 Å². The van der Waals surface area contributed by atoms with E-state index in [2.05, 4.69) is 5.32 Å². The maximum Gasteiger partial charge on any atom is 0.306 e. The molecule has 30 heavy (non-hydrogen) atoms. The Morgan fingerprint density at radius 3 is 2.43 bits per heavy atom. The van der Waals surface area contributed by atoms with E-state index in [1.807, 2.05) is 0 Å². The molecular formula is C22H34N2O5S. The first kappa shape index (κ1) is 24.3. The number of sulfonamides is 1. The molecular weight excluding hydrogens is 404 g/mol. The fourth-order valence-corrected chi connectivity index (χ4v) is 5.30. The number of ether oxygens (including phenoxy) is 1. The van der Waals surface area contributed by atoms with Gasteiger partial charge in [-0.25, -0.2) is 8.42 Å². The molecule has 0 saturated heterocycles. The van der Waals surface area contributed by atoms with Crippen LogP contribution in [0.2, 0.25) is 0 Å². The van der Waals surface area contributed by atoms with Crippen molar-refractivity contribution in [2.75, 3.05) is 25.0 Å². The van der Waals surface area contributed by atoms with Crippen molar-refractivity contribution in [1.29, 1.82) is 0 Å². The Labute approximate surface area is 180 Å². The van der Waals surface area contributed by atoms with Gasteiger partial charge in [0.15, 0.2) is 6.61 Å². The molecule has 1 fully saturated rings. The molecule has 0 spiro atoms. The number of hydrogen-bond acceptors (Lipinski definition) is 5. The van der Waals surface area contributed by atoms with Crippen molar-refractivity contribution in [2.45, 2.75) is 70.6 Å². The second-order valence-electron chi connectivity index (χ2n) is 7.82. The minimum absolute atomic E-state index is 0.122. The quantitative estimate of drug-likeness (QED) is 0.560. The van der Waals surface area contributed by atoms with Crippen LogP contribution in [0.4, 0.5) is 5.69 Å². The molecule has 0 aromatic heterocycles. The molecule has 1 aromatic carbocycles. The zero-order valence-electron chi connectivity index (χ0n) is 18.3. The third kappa shape index (κ3) is 6.80. The van der Waals surface area contributed by atoms with Crippen molar-refractivity contribution in [2.24, 2.45) is 5.92 Å². The fourth-order valence-electron chi connectivity index (χ4n) is 3.81. The number of carbonyl (C=O) groups is 2. The van der Waals surface area contributed by atoms with Gasteiger partial charge in [-0.05, 0) is 37.0 Å². The SMILES string of the molecule is CCN(CC)S(=O)(=O)c1ccc(C)c(NC(=O)COC(=O)CCC2CCCCC2)c1. The maximum absolute atomic E-state index is 12.7. The van der Waals surface area contributed by atoms with Crippen LogP contribution in [-0.4, -0.2) is 44.3 Å². The predicted octanol–water partition coefficient (Wildman–Crippen LogP) is 3.87. The van der Waals surface area contributed by atoms with Crippen LogP contribution in [0.5, 0.6) is 0 Å². The summed E-state index contributed by atoms with van der Waals surface area (Å²) in [5.74, 6) is -0.273. The number of nitrogens with one attached hydrogen (secondary N) is 1. The lowest BCUT2D eigenvalue weighted by Crippen LogP contribution is -2.30. The topological polar surface area (TPSA) is 92.8 Å². The molecule has 1 N–H and O–H groups in total. The first-order chi connectivity index (χ1) is 14.3. The Morgan fingerprint density at radius 2 is 1.80 bits per heavy atom. The van der Waals surface area contributed by atoms with E-state index in [1.54, 1.807) is 26.8 Å². The monoisotopic (exact) mass is 438 g/mol. The van der Waals surface area contributed by atoms with Crippen molar-refractivity contribution in [1.82, 2.24) is 4.31 Å². The molecule has 0 radical (unpaired) electrons. The highest BCUT2D eigenvalue weighted by molar-refractivity contribution is 7.89. The molecule has 168 valence electrons. The standard InChI is InChI=1S/C22H34N2O5S/c1-4-24(5-2)30(27,28)19-13-11-17(3)20(15-19)23-21(25)16-29-22(26)14-12-18-9-7-6-8-10-18/h11,13,15,18H,4-10,12,14,16H2,1-3H3,(H,23,25). The Kier molecular flexibility index (Phi) is 9.30. The number of nitrogens with zero attached hydrogens (tertiary/aromatic N) is 1. The highest BCUT2D eigenvalue weighted by atomic mass is 32.2. The van der Waals surface area contributed by atoms with Gasteiger partial charge in [0.05, 0.1) is 4.90 Å². The lowest BCUT2D eigenvalue weighted by Gasteiger charge is -2.20. The van der Waals surface area contributed by atoms with Crippen LogP contribution in [-0.2, 0) is 24.3 Å². The molecule has 1 amide bonds. The number of amides is 1. The van der Waals surface area contributed by atoms with Crippen molar-refractivity contribution < 1.29 is 22.7 Å². The first-order valence-corrected chi connectivity index (χ1v) is 12.3. The van der Waals surface area contributed by atoms with E-state index in [0.29, 0.717) is 31.1 Å². The van der Waals surface area contributed by atoms with Gasteiger partial charge >= 0.3 is 5.97 Å². The molecule has 1 aromatic rings. The van der Waals surface area contributed by atoms with E-state index in [1.165, 1.54) is 48.5 Å². The molecule has 2 rings (SSSR count). The fraction of sp³-hybridized carbons (Fsp3) is 0.636. The molecule has 1 aliphatic carbocycles. The van der Waals surface area contributed by atoms with Gasteiger partial charge in [-0.1, -0.05) is 52.0 Å². The number of hydrogen-bond donors (Lipinski definition) is 1. The summed E-state index contributed by atoms with van der Waals surface area (Å²) >= 11 is 0. The minimum Gasteiger partial charge on any atom is -0.456 e. The Bertz CT molecular complexity index is 828. The highest BCUT2D eigenvalue weighted by Crippen LogP contribution is 2.27. The zero-order chi connectivity index (χ0) is 22.1. The average Bonchev–Trinajstić information content (AvgIpc) is 2.73. The highest BCUT2D eigenvalue weighted by Gasteiger charge is 2.22. The van der Waals surface area contributed by atoms with Crippen molar-refractivity contribution in [3.05, 3.63) is 23.8 Å². The predicted molar refractivity (Wildman–Crippen MR) is 117 cm³/mol. The second-order valence-corrected chi connectivity index (χ2v) is 9.76. The number of carbonyl (C=O) groups excluding carboxylic acids is 2. The molecule has 0 atom stereocenters. The third-order valence-electron chi connectivity index (χ3n) is 5.67. The largest absolute Gasteiger partial charge is 0.456 e.